The van der Waals surface area contributed by atoms with Crippen molar-refractivity contribution in [1.82, 2.24) is 14.6 Å². The molecule has 3 atom stereocenters. The van der Waals surface area contributed by atoms with E-state index in [2.05, 4.69) is 61.2 Å². The first-order valence-electron chi connectivity index (χ1n) is 16.6. The smallest absolute Gasteiger partial charge is 0.371 e. The predicted octanol–water partition coefficient (Wildman–Crippen LogP) is 8.23. The number of carboxylic acids is 1. The number of hydrogen-bond donors (Lipinski definition) is 3. The molecule has 0 radical (unpaired) electrons. The van der Waals surface area contributed by atoms with E-state index in [-0.39, 0.29) is 57.5 Å². The van der Waals surface area contributed by atoms with Crippen molar-refractivity contribution in [1.29, 1.82) is 0 Å². The number of esters is 1. The van der Waals surface area contributed by atoms with Gasteiger partial charge in [-0.25, -0.2) is 19.4 Å². The number of carbonyl (C=O) groups excluding carboxylic acids is 1. The Balaban J connectivity index is 1.38. The lowest BCUT2D eigenvalue weighted by Gasteiger charge is -2.37. The summed E-state index contributed by atoms with van der Waals surface area (Å²) in [5.41, 5.74) is 2.24. The van der Waals surface area contributed by atoms with Crippen LogP contribution in [0.25, 0.3) is 21.9 Å². The van der Waals surface area contributed by atoms with Gasteiger partial charge in [0.2, 0.25) is 11.4 Å². The highest BCUT2D eigenvalue weighted by molar-refractivity contribution is 7.82. The number of ether oxygens (including phenoxy) is 2. The number of anilines is 1. The molecule has 0 bridgehead atoms. The van der Waals surface area contributed by atoms with Crippen LogP contribution in [-0.4, -0.2) is 42.0 Å². The minimum absolute atomic E-state index is 0.0987. The Kier molecular flexibility index (Phi) is 10.7. The molecule has 1 saturated carbocycles. The number of nitrogens with one attached hydrogen (secondary N) is 2. The molecule has 5 rings (SSSR count). The molecule has 13 heteroatoms. The van der Waals surface area contributed by atoms with E-state index in [9.17, 15) is 18.9 Å². The van der Waals surface area contributed by atoms with Gasteiger partial charge < -0.3 is 18.8 Å². The largest absolute Gasteiger partial charge is 0.475 e. The van der Waals surface area contributed by atoms with Gasteiger partial charge in [0.25, 0.3) is 0 Å². The van der Waals surface area contributed by atoms with Crippen molar-refractivity contribution in [2.45, 2.75) is 79.2 Å². The zero-order valence-corrected chi connectivity index (χ0v) is 30.1. The van der Waals surface area contributed by atoms with Gasteiger partial charge in [0.05, 0.1) is 12.3 Å². The number of hydrogen-bond acceptors (Lipinski definition) is 7. The van der Waals surface area contributed by atoms with Gasteiger partial charge in [0.1, 0.15) is 11.7 Å². The van der Waals surface area contributed by atoms with Crippen LogP contribution in [0.4, 0.5) is 11.4 Å². The minimum Gasteiger partial charge on any atom is -0.475 e. The van der Waals surface area contributed by atoms with E-state index in [4.69, 9.17) is 20.2 Å². The summed E-state index contributed by atoms with van der Waals surface area (Å²) in [4.78, 5) is 33.3. The Morgan fingerprint density at radius 1 is 1.16 bits per heavy atom. The van der Waals surface area contributed by atoms with Gasteiger partial charge in [0, 0.05) is 11.8 Å². The molecule has 2 heterocycles. The Labute approximate surface area is 294 Å². The lowest BCUT2D eigenvalue weighted by molar-refractivity contribution is -0.135. The zero-order valence-electron chi connectivity index (χ0n) is 29.3. The van der Waals surface area contributed by atoms with E-state index in [1.165, 1.54) is 16.8 Å². The molecule has 12 nitrogen and oxygen atoms in total. The standard InChI is InChI=1S/C37H43N5O7S/c1-9-28(35(43)44)47-29-15-14-25(37(6,7)10-2)19-30(29)49-50(46)41-26-13-11-12-24(18-26)33-39-34-31(27(38-8)20-42(34)40-33)36(45)48-32-22(4)16-21(3)17-23(32)5/h9,11-15,18-23,32,41H,10,16-17H2,1-7H3,(H,39,40)(H,43,44)/b28-9+. The topological polar surface area (TPSA) is 149 Å². The number of carboxylic acid groups (broad SMARTS) is 1. The van der Waals surface area contributed by atoms with Crippen molar-refractivity contribution < 1.29 is 32.6 Å². The second-order valence-corrected chi connectivity index (χ2v) is 14.5. The first kappa shape index (κ1) is 36.2. The molecule has 2 aromatic heterocycles. The first-order valence-corrected chi connectivity index (χ1v) is 17.7. The van der Waals surface area contributed by atoms with Crippen molar-refractivity contribution in [2.24, 2.45) is 17.8 Å². The molecule has 1 fully saturated rings. The van der Waals surface area contributed by atoms with Crippen LogP contribution < -0.4 is 13.6 Å². The number of rotatable bonds is 12. The zero-order chi connectivity index (χ0) is 36.3. The summed E-state index contributed by atoms with van der Waals surface area (Å²) in [5, 5.41) is 12.6. The molecular formula is C37H43N5O7S. The highest BCUT2D eigenvalue weighted by atomic mass is 32.2. The van der Waals surface area contributed by atoms with Crippen molar-refractivity contribution in [3.05, 3.63) is 83.0 Å². The molecule has 3 unspecified atom stereocenters. The summed E-state index contributed by atoms with van der Waals surface area (Å²) in [5.74, 6) is -0.544. The molecule has 1 aliphatic rings. The predicted molar refractivity (Wildman–Crippen MR) is 191 cm³/mol. The Bertz CT molecular complexity index is 1990. The fourth-order valence-electron chi connectivity index (χ4n) is 6.50. The van der Waals surface area contributed by atoms with E-state index in [0.29, 0.717) is 23.0 Å². The molecule has 50 heavy (non-hydrogen) atoms. The highest BCUT2D eigenvalue weighted by Gasteiger charge is 2.36. The van der Waals surface area contributed by atoms with E-state index < -0.39 is 23.2 Å². The van der Waals surface area contributed by atoms with Crippen molar-refractivity contribution in [2.75, 3.05) is 4.72 Å². The molecule has 3 N–H and O–H groups in total. The van der Waals surface area contributed by atoms with Gasteiger partial charge in [-0.1, -0.05) is 59.7 Å². The number of fused-ring (bicyclic) bond motifs is 1. The molecule has 2 aromatic carbocycles. The molecule has 0 amide bonds. The summed E-state index contributed by atoms with van der Waals surface area (Å²) in [6.45, 7) is 21.8. The quantitative estimate of drug-likeness (QED) is 0.0579. The monoisotopic (exact) mass is 701 g/mol. The number of carbonyl (C=O) groups is 2. The van der Waals surface area contributed by atoms with E-state index in [1.54, 1.807) is 43.3 Å². The molecule has 0 aliphatic heterocycles. The molecular weight excluding hydrogens is 659 g/mol. The normalized spacial score (nSPS) is 20.2. The third kappa shape index (κ3) is 7.70. The van der Waals surface area contributed by atoms with Crippen molar-refractivity contribution in [3.63, 3.8) is 0 Å². The van der Waals surface area contributed by atoms with E-state index >= 15 is 0 Å². The molecule has 1 aliphatic carbocycles. The van der Waals surface area contributed by atoms with Gasteiger partial charge in [-0.15, -0.1) is 0 Å². The second-order valence-electron chi connectivity index (χ2n) is 13.6. The number of aromatic amines is 1. The maximum Gasteiger partial charge on any atom is 0.371 e. The van der Waals surface area contributed by atoms with Gasteiger partial charge in [-0.3, -0.25) is 14.3 Å². The third-order valence-electron chi connectivity index (χ3n) is 9.45. The van der Waals surface area contributed by atoms with E-state index in [1.807, 2.05) is 6.07 Å². The van der Waals surface area contributed by atoms with Crippen LogP contribution in [0.5, 0.6) is 11.5 Å². The van der Waals surface area contributed by atoms with Gasteiger partial charge in [0.15, 0.2) is 23.0 Å². The lowest BCUT2D eigenvalue weighted by atomic mass is 9.75. The minimum atomic E-state index is -2.12. The third-order valence-corrected chi connectivity index (χ3v) is 10.2. The number of nitrogens with zero attached hydrogens (tertiary/aromatic N) is 3. The van der Waals surface area contributed by atoms with Crippen LogP contribution in [-0.2, 0) is 26.2 Å². The van der Waals surface area contributed by atoms with Gasteiger partial charge in [-0.2, -0.15) is 4.21 Å². The van der Waals surface area contributed by atoms with Crippen LogP contribution in [0.2, 0.25) is 0 Å². The van der Waals surface area contributed by atoms with Crippen LogP contribution in [0.1, 0.15) is 83.7 Å². The number of aliphatic carboxylic acids is 1. The van der Waals surface area contributed by atoms with Crippen molar-refractivity contribution in [3.8, 4) is 22.9 Å². The molecule has 264 valence electrons. The Hall–Kier alpha value is -5.09. The second kappa shape index (κ2) is 14.8. The van der Waals surface area contributed by atoms with Crippen LogP contribution in [0.3, 0.4) is 0 Å². The summed E-state index contributed by atoms with van der Waals surface area (Å²) >= 11 is -2.12. The number of benzene rings is 2. The Morgan fingerprint density at radius 3 is 2.52 bits per heavy atom. The number of aromatic nitrogens is 3. The van der Waals surface area contributed by atoms with Crippen LogP contribution in [0, 0.1) is 24.3 Å². The van der Waals surface area contributed by atoms with Gasteiger partial charge in [-0.05, 0) is 85.3 Å². The summed E-state index contributed by atoms with van der Waals surface area (Å²) < 4.78 is 35.1. The maximum atomic E-state index is 13.5. The van der Waals surface area contributed by atoms with Gasteiger partial charge >= 0.3 is 23.2 Å². The molecule has 0 spiro atoms. The average molecular weight is 702 g/mol. The summed E-state index contributed by atoms with van der Waals surface area (Å²) in [6, 6.07) is 12.1. The summed E-state index contributed by atoms with van der Waals surface area (Å²) in [7, 11) is 0. The number of allylic oxidation sites excluding steroid dienone is 1. The SMILES string of the molecule is [C-]#[N+]c1cn2[nH]c(-c3cccc(NS(=O)Oc4cc(C(C)(C)CC)ccc4O/C(=C/C)C(=O)O)c3)nc2c1C(=O)OC1C(C)CC(C)CC1C. The fourth-order valence-corrected chi connectivity index (χ4v) is 7.15. The first-order chi connectivity index (χ1) is 23.7. The summed E-state index contributed by atoms with van der Waals surface area (Å²) in [6.07, 6.45) is 5.35. The maximum absolute atomic E-state index is 13.5. The molecule has 0 saturated heterocycles. The van der Waals surface area contributed by atoms with Crippen LogP contribution in [0.15, 0.2) is 60.5 Å². The van der Waals surface area contributed by atoms with E-state index in [0.717, 1.165) is 24.8 Å². The Morgan fingerprint density at radius 2 is 1.88 bits per heavy atom. The lowest BCUT2D eigenvalue weighted by Crippen LogP contribution is -2.37. The number of H-pyrrole nitrogens is 1. The van der Waals surface area contributed by atoms with Crippen molar-refractivity contribution >= 4 is 40.2 Å². The molecule has 4 aromatic rings. The fraction of sp³-hybridized carbons (Fsp3) is 0.405. The van der Waals surface area contributed by atoms with Crippen LogP contribution >= 0.6 is 0 Å². The highest BCUT2D eigenvalue weighted by Crippen LogP contribution is 2.38. The average Bonchev–Trinajstić information content (AvgIpc) is 3.63.